The van der Waals surface area contributed by atoms with E-state index in [2.05, 4.69) is 0 Å². The van der Waals surface area contributed by atoms with Gasteiger partial charge in [0.25, 0.3) is 0 Å². The van der Waals surface area contributed by atoms with Gasteiger partial charge in [-0.3, -0.25) is 0 Å². The molecule has 3 N–H and O–H groups in total. The van der Waals surface area contributed by atoms with Crippen molar-refractivity contribution in [2.75, 3.05) is 0 Å². The molecule has 72 valence electrons. The first-order valence-corrected chi connectivity index (χ1v) is 5.06. The highest BCUT2D eigenvalue weighted by Crippen LogP contribution is 2.40. The topological polar surface area (TPSA) is 51.7 Å². The van der Waals surface area contributed by atoms with Crippen molar-refractivity contribution in [2.45, 2.75) is 51.0 Å². The van der Waals surface area contributed by atoms with E-state index < -0.39 is 0 Å². The molecule has 0 amide bonds. The van der Waals surface area contributed by atoms with Gasteiger partial charge in [0, 0.05) is 0 Å². The van der Waals surface area contributed by atoms with Crippen molar-refractivity contribution in [1.29, 1.82) is 0 Å². The molecule has 12 heavy (non-hydrogen) atoms. The second-order valence-corrected chi connectivity index (χ2v) is 4.21. The van der Waals surface area contributed by atoms with Crippen LogP contribution in [0.5, 0.6) is 0 Å². The fourth-order valence-corrected chi connectivity index (χ4v) is 2.90. The van der Waals surface area contributed by atoms with Gasteiger partial charge >= 0.3 is 0 Å². The van der Waals surface area contributed by atoms with Gasteiger partial charge in [0.05, 0.1) is 6.10 Å². The van der Waals surface area contributed by atoms with Crippen LogP contribution in [0.15, 0.2) is 0 Å². The number of hydrogen-bond acceptors (Lipinski definition) is 1. The monoisotopic (exact) mass is 172 g/mol. The molecule has 3 unspecified atom stereocenters. The first kappa shape index (κ1) is 10.0. The minimum atomic E-state index is 0. The number of fused-ring (bicyclic) bond motifs is 1. The van der Waals surface area contributed by atoms with E-state index in [1.165, 1.54) is 38.5 Å². The maximum Gasteiger partial charge on any atom is 0.0571 e. The maximum atomic E-state index is 9.70. The normalized spacial score (nSPS) is 41.2. The quantitative estimate of drug-likeness (QED) is 0.591. The summed E-state index contributed by atoms with van der Waals surface area (Å²) >= 11 is 0. The molecular formula is C10H20O2. The van der Waals surface area contributed by atoms with E-state index >= 15 is 0 Å². The molecule has 0 heterocycles. The van der Waals surface area contributed by atoms with Crippen molar-refractivity contribution < 1.29 is 10.6 Å². The highest BCUT2D eigenvalue weighted by Gasteiger charge is 2.33. The summed E-state index contributed by atoms with van der Waals surface area (Å²) in [5.41, 5.74) is 0. The Morgan fingerprint density at radius 1 is 0.833 bits per heavy atom. The Balaban J connectivity index is 0.000000720. The predicted molar refractivity (Wildman–Crippen MR) is 48.9 cm³/mol. The van der Waals surface area contributed by atoms with Crippen LogP contribution in [0.1, 0.15) is 44.9 Å². The van der Waals surface area contributed by atoms with Gasteiger partial charge < -0.3 is 10.6 Å². The predicted octanol–water partition coefficient (Wildman–Crippen LogP) is 1.51. The van der Waals surface area contributed by atoms with Gasteiger partial charge in [-0.05, 0) is 31.1 Å². The van der Waals surface area contributed by atoms with Crippen LogP contribution in [0.2, 0.25) is 0 Å². The summed E-state index contributed by atoms with van der Waals surface area (Å²) in [6, 6.07) is 0. The maximum absolute atomic E-state index is 9.70. The number of aliphatic hydroxyl groups is 1. The number of aliphatic hydroxyl groups excluding tert-OH is 1. The lowest BCUT2D eigenvalue weighted by Gasteiger charge is -2.38. The molecule has 0 aromatic carbocycles. The van der Waals surface area contributed by atoms with Crippen molar-refractivity contribution in [3.8, 4) is 0 Å². The van der Waals surface area contributed by atoms with Crippen LogP contribution in [-0.4, -0.2) is 16.7 Å². The van der Waals surface area contributed by atoms with Gasteiger partial charge in [-0.1, -0.05) is 25.7 Å². The van der Waals surface area contributed by atoms with Crippen LogP contribution < -0.4 is 0 Å². The Hall–Kier alpha value is -0.0800. The largest absolute Gasteiger partial charge is 0.412 e. The third-order valence-electron chi connectivity index (χ3n) is 3.54. The molecule has 2 saturated carbocycles. The van der Waals surface area contributed by atoms with Gasteiger partial charge in [0.2, 0.25) is 0 Å². The van der Waals surface area contributed by atoms with E-state index in [4.69, 9.17) is 0 Å². The minimum absolute atomic E-state index is 0. The van der Waals surface area contributed by atoms with E-state index in [0.717, 1.165) is 12.3 Å². The lowest BCUT2D eigenvalue weighted by molar-refractivity contribution is 0.0105. The van der Waals surface area contributed by atoms with Crippen LogP contribution in [0.25, 0.3) is 0 Å². The highest BCUT2D eigenvalue weighted by molar-refractivity contribution is 4.84. The third-order valence-corrected chi connectivity index (χ3v) is 3.54. The summed E-state index contributed by atoms with van der Waals surface area (Å²) in [4.78, 5) is 0. The van der Waals surface area contributed by atoms with Gasteiger partial charge in [-0.15, -0.1) is 0 Å². The fraction of sp³-hybridized carbons (Fsp3) is 1.00. The second-order valence-electron chi connectivity index (χ2n) is 4.21. The number of rotatable bonds is 0. The summed E-state index contributed by atoms with van der Waals surface area (Å²) in [6.45, 7) is 0. The van der Waals surface area contributed by atoms with Gasteiger partial charge in [-0.25, -0.2) is 0 Å². The van der Waals surface area contributed by atoms with Crippen LogP contribution in [0.3, 0.4) is 0 Å². The molecule has 0 spiro atoms. The first-order chi connectivity index (χ1) is 5.38. The van der Waals surface area contributed by atoms with E-state index in [9.17, 15) is 5.11 Å². The van der Waals surface area contributed by atoms with Crippen molar-refractivity contribution in [3.05, 3.63) is 0 Å². The summed E-state index contributed by atoms with van der Waals surface area (Å²) in [5.74, 6) is 1.56. The lowest BCUT2D eigenvalue weighted by atomic mass is 9.69. The third kappa shape index (κ3) is 1.80. The van der Waals surface area contributed by atoms with E-state index in [-0.39, 0.29) is 11.6 Å². The smallest absolute Gasteiger partial charge is 0.0571 e. The van der Waals surface area contributed by atoms with Gasteiger partial charge in [-0.2, -0.15) is 0 Å². The van der Waals surface area contributed by atoms with Crippen molar-refractivity contribution in [3.63, 3.8) is 0 Å². The van der Waals surface area contributed by atoms with Gasteiger partial charge in [0.1, 0.15) is 0 Å². The van der Waals surface area contributed by atoms with Crippen LogP contribution in [0.4, 0.5) is 0 Å². The average molecular weight is 172 g/mol. The first-order valence-electron chi connectivity index (χ1n) is 5.06. The Labute approximate surface area is 74.3 Å². The molecule has 2 rings (SSSR count). The van der Waals surface area contributed by atoms with Crippen LogP contribution in [-0.2, 0) is 0 Å². The molecule has 0 saturated heterocycles. The van der Waals surface area contributed by atoms with Crippen molar-refractivity contribution in [2.24, 2.45) is 11.8 Å². The molecule has 2 fully saturated rings. The van der Waals surface area contributed by atoms with Crippen molar-refractivity contribution >= 4 is 0 Å². The summed E-state index contributed by atoms with van der Waals surface area (Å²) in [7, 11) is 0. The summed E-state index contributed by atoms with van der Waals surface area (Å²) in [5, 5.41) is 9.70. The fourth-order valence-electron chi connectivity index (χ4n) is 2.90. The molecular weight excluding hydrogens is 152 g/mol. The summed E-state index contributed by atoms with van der Waals surface area (Å²) < 4.78 is 0. The zero-order valence-corrected chi connectivity index (χ0v) is 7.63. The summed E-state index contributed by atoms with van der Waals surface area (Å²) in [6.07, 6.45) is 9.24. The van der Waals surface area contributed by atoms with Gasteiger partial charge in [0.15, 0.2) is 0 Å². The van der Waals surface area contributed by atoms with E-state index in [1.54, 1.807) is 0 Å². The zero-order valence-electron chi connectivity index (χ0n) is 7.63. The second kappa shape index (κ2) is 4.24. The molecule has 0 aliphatic heterocycles. The number of hydrogen-bond donors (Lipinski definition) is 1. The molecule has 2 heteroatoms. The van der Waals surface area contributed by atoms with Crippen LogP contribution in [0, 0.1) is 11.8 Å². The van der Waals surface area contributed by atoms with E-state index in [0.29, 0.717) is 5.92 Å². The van der Waals surface area contributed by atoms with E-state index in [1.807, 2.05) is 0 Å². The molecule has 0 bridgehead atoms. The average Bonchev–Trinajstić information content (AvgIpc) is 2.06. The zero-order chi connectivity index (χ0) is 7.68. The molecule has 3 atom stereocenters. The Bertz CT molecular complexity index is 134. The Morgan fingerprint density at radius 2 is 1.50 bits per heavy atom. The minimum Gasteiger partial charge on any atom is -0.412 e. The molecule has 2 aliphatic rings. The molecule has 2 nitrogen and oxygen atoms in total. The lowest BCUT2D eigenvalue weighted by Crippen LogP contribution is -2.34. The SMILES string of the molecule is O.OC1CCCC2CCCCC12. The highest BCUT2D eigenvalue weighted by atomic mass is 16.3. The Kier molecular flexibility index (Phi) is 3.53. The Morgan fingerprint density at radius 3 is 2.25 bits per heavy atom. The molecule has 0 radical (unpaired) electrons. The van der Waals surface area contributed by atoms with Crippen LogP contribution >= 0.6 is 0 Å². The molecule has 0 aromatic heterocycles. The molecule has 0 aromatic rings. The standard InChI is InChI=1S/C10H18O.H2O/c11-10-7-3-5-8-4-1-2-6-9(8)10;/h8-11H,1-7H2;1H2. The molecule has 2 aliphatic carbocycles. The van der Waals surface area contributed by atoms with Crippen molar-refractivity contribution in [1.82, 2.24) is 0 Å².